The van der Waals surface area contributed by atoms with E-state index in [0.29, 0.717) is 11.3 Å². The number of carbonyl (C=O) groups is 2. The Bertz CT molecular complexity index is 766. The predicted molar refractivity (Wildman–Crippen MR) is 106 cm³/mol. The van der Waals surface area contributed by atoms with Gasteiger partial charge in [-0.2, -0.15) is 0 Å². The van der Waals surface area contributed by atoms with Crippen molar-refractivity contribution < 1.29 is 14.3 Å². The minimum absolute atomic E-state index is 0.0314. The lowest BCUT2D eigenvalue weighted by molar-refractivity contribution is -0.120. The summed E-state index contributed by atoms with van der Waals surface area (Å²) in [5, 5.41) is 0. The molecule has 0 spiro atoms. The van der Waals surface area contributed by atoms with Gasteiger partial charge in [0.25, 0.3) is 11.8 Å². The molecule has 27 heavy (non-hydrogen) atoms. The highest BCUT2D eigenvalue weighted by atomic mass is 16.5. The number of rotatable bonds is 6. The Balaban J connectivity index is 1.60. The van der Waals surface area contributed by atoms with Crippen molar-refractivity contribution in [3.63, 3.8) is 0 Å². The Morgan fingerprint density at radius 2 is 1.63 bits per heavy atom. The van der Waals surface area contributed by atoms with Crippen LogP contribution in [0.1, 0.15) is 37.0 Å². The predicted octanol–water partition coefficient (Wildman–Crippen LogP) is 3.74. The van der Waals surface area contributed by atoms with Gasteiger partial charge in [0.2, 0.25) is 0 Å². The minimum Gasteiger partial charge on any atom is -0.484 e. The summed E-state index contributed by atoms with van der Waals surface area (Å²) in [7, 11) is 0. The number of likely N-dealkylation sites (tertiary alicyclic amines) is 1. The van der Waals surface area contributed by atoms with E-state index in [1.807, 2.05) is 49.1 Å². The van der Waals surface area contributed by atoms with E-state index < -0.39 is 0 Å². The van der Waals surface area contributed by atoms with Crippen LogP contribution in [0.3, 0.4) is 0 Å². The number of amides is 2. The van der Waals surface area contributed by atoms with Gasteiger partial charge in [0, 0.05) is 30.4 Å². The fourth-order valence-corrected chi connectivity index (χ4v) is 3.33. The Morgan fingerprint density at radius 1 is 1.00 bits per heavy atom. The standard InChI is InChI=1S/C22H26N2O3/c1-17(2)24(19-8-4-3-5-9-19)21(25)16-27-20-12-10-18(11-13-20)22(26)23-14-6-7-15-23/h3-5,8-13,17H,6-7,14-16H2,1-2H3. The van der Waals surface area contributed by atoms with Crippen molar-refractivity contribution in [2.45, 2.75) is 32.7 Å². The van der Waals surface area contributed by atoms with Crippen molar-refractivity contribution >= 4 is 17.5 Å². The Labute approximate surface area is 160 Å². The molecule has 0 radical (unpaired) electrons. The molecule has 1 aliphatic rings. The van der Waals surface area contributed by atoms with Crippen molar-refractivity contribution in [1.29, 1.82) is 0 Å². The Hall–Kier alpha value is -2.82. The molecule has 0 bridgehead atoms. The molecule has 5 heteroatoms. The molecule has 5 nitrogen and oxygen atoms in total. The number of nitrogens with zero attached hydrogens (tertiary/aromatic N) is 2. The van der Waals surface area contributed by atoms with Crippen molar-refractivity contribution in [3.8, 4) is 5.75 Å². The summed E-state index contributed by atoms with van der Waals surface area (Å²) in [5.41, 5.74) is 1.51. The van der Waals surface area contributed by atoms with E-state index >= 15 is 0 Å². The highest BCUT2D eigenvalue weighted by Gasteiger charge is 2.21. The van der Waals surface area contributed by atoms with E-state index in [1.165, 1.54) is 0 Å². The number of hydrogen-bond acceptors (Lipinski definition) is 3. The first kappa shape index (κ1) is 19.0. The number of carbonyl (C=O) groups excluding carboxylic acids is 2. The molecule has 1 fully saturated rings. The molecule has 3 rings (SSSR count). The van der Waals surface area contributed by atoms with Gasteiger partial charge < -0.3 is 14.5 Å². The van der Waals surface area contributed by atoms with E-state index in [1.54, 1.807) is 29.2 Å². The smallest absolute Gasteiger partial charge is 0.265 e. The highest BCUT2D eigenvalue weighted by molar-refractivity contribution is 5.95. The van der Waals surface area contributed by atoms with E-state index in [2.05, 4.69) is 0 Å². The average molecular weight is 366 g/mol. The van der Waals surface area contributed by atoms with E-state index in [9.17, 15) is 9.59 Å². The number of anilines is 1. The van der Waals surface area contributed by atoms with Crippen molar-refractivity contribution in [1.82, 2.24) is 4.90 Å². The second-order valence-electron chi connectivity index (χ2n) is 7.01. The van der Waals surface area contributed by atoms with Crippen LogP contribution in [-0.4, -0.2) is 42.5 Å². The highest BCUT2D eigenvalue weighted by Crippen LogP contribution is 2.19. The molecule has 1 saturated heterocycles. The minimum atomic E-state index is -0.103. The summed E-state index contributed by atoms with van der Waals surface area (Å²) in [5.74, 6) is 0.539. The maximum absolute atomic E-state index is 12.6. The van der Waals surface area contributed by atoms with Gasteiger partial charge in [-0.3, -0.25) is 9.59 Å². The molecule has 0 N–H and O–H groups in total. The molecule has 2 aromatic carbocycles. The van der Waals surface area contributed by atoms with Crippen LogP contribution in [0.2, 0.25) is 0 Å². The zero-order chi connectivity index (χ0) is 19.2. The molecule has 1 aliphatic heterocycles. The summed E-state index contributed by atoms with van der Waals surface area (Å²) >= 11 is 0. The second-order valence-corrected chi connectivity index (χ2v) is 7.01. The van der Waals surface area contributed by atoms with Gasteiger partial charge in [-0.15, -0.1) is 0 Å². The largest absolute Gasteiger partial charge is 0.484 e. The lowest BCUT2D eigenvalue weighted by atomic mass is 10.2. The fraction of sp³-hybridized carbons (Fsp3) is 0.364. The van der Waals surface area contributed by atoms with Crippen LogP contribution in [-0.2, 0) is 4.79 Å². The third kappa shape index (κ3) is 4.67. The molecule has 0 atom stereocenters. The average Bonchev–Trinajstić information content (AvgIpc) is 3.22. The van der Waals surface area contributed by atoms with Gasteiger partial charge in [-0.25, -0.2) is 0 Å². The number of hydrogen-bond donors (Lipinski definition) is 0. The third-order valence-corrected chi connectivity index (χ3v) is 4.68. The van der Waals surface area contributed by atoms with Crippen LogP contribution >= 0.6 is 0 Å². The first-order valence-corrected chi connectivity index (χ1v) is 9.45. The second kappa shape index (κ2) is 8.71. The van der Waals surface area contributed by atoms with Gasteiger partial charge in [-0.05, 0) is 63.1 Å². The maximum Gasteiger partial charge on any atom is 0.265 e. The number of ether oxygens (including phenoxy) is 1. The quantitative estimate of drug-likeness (QED) is 0.782. The van der Waals surface area contributed by atoms with Crippen molar-refractivity contribution in [3.05, 3.63) is 60.2 Å². The zero-order valence-corrected chi connectivity index (χ0v) is 15.9. The number of benzene rings is 2. The summed E-state index contributed by atoms with van der Waals surface area (Å²) < 4.78 is 5.66. The molecule has 0 aliphatic carbocycles. The first-order valence-electron chi connectivity index (χ1n) is 9.45. The molecule has 2 amide bonds. The van der Waals surface area contributed by atoms with Gasteiger partial charge in [0.05, 0.1) is 0 Å². The van der Waals surface area contributed by atoms with Gasteiger partial charge in [0.15, 0.2) is 6.61 Å². The molecule has 0 saturated carbocycles. The maximum atomic E-state index is 12.6. The van der Waals surface area contributed by atoms with E-state index in [0.717, 1.165) is 31.6 Å². The van der Waals surface area contributed by atoms with Crippen molar-refractivity contribution in [2.75, 3.05) is 24.6 Å². The molecule has 0 aromatic heterocycles. The first-order chi connectivity index (χ1) is 13.1. The van der Waals surface area contributed by atoms with Crippen molar-refractivity contribution in [2.24, 2.45) is 0 Å². The topological polar surface area (TPSA) is 49.9 Å². The van der Waals surface area contributed by atoms with Gasteiger partial charge in [0.1, 0.15) is 5.75 Å². The molecule has 0 unspecified atom stereocenters. The van der Waals surface area contributed by atoms with Gasteiger partial charge >= 0.3 is 0 Å². The molecule has 142 valence electrons. The molecule has 2 aromatic rings. The lowest BCUT2D eigenvalue weighted by Crippen LogP contribution is -2.40. The SMILES string of the molecule is CC(C)N(C(=O)COc1ccc(C(=O)N2CCCC2)cc1)c1ccccc1. The van der Waals surface area contributed by atoms with E-state index in [4.69, 9.17) is 4.74 Å². The summed E-state index contributed by atoms with van der Waals surface area (Å²) in [6.07, 6.45) is 2.14. The van der Waals surface area contributed by atoms with Gasteiger partial charge in [-0.1, -0.05) is 18.2 Å². The van der Waals surface area contributed by atoms with Crippen LogP contribution in [0.25, 0.3) is 0 Å². The number of para-hydroxylation sites is 1. The summed E-state index contributed by atoms with van der Waals surface area (Å²) in [6.45, 7) is 5.56. The molecule has 1 heterocycles. The van der Waals surface area contributed by atoms with Crippen LogP contribution in [0.15, 0.2) is 54.6 Å². The molecular formula is C22H26N2O3. The van der Waals surface area contributed by atoms with Crippen LogP contribution in [0.4, 0.5) is 5.69 Å². The van der Waals surface area contributed by atoms with E-state index in [-0.39, 0.29) is 24.5 Å². The fourth-order valence-electron chi connectivity index (χ4n) is 3.33. The lowest BCUT2D eigenvalue weighted by Gasteiger charge is -2.26. The van der Waals surface area contributed by atoms with Crippen LogP contribution in [0.5, 0.6) is 5.75 Å². The molecular weight excluding hydrogens is 340 g/mol. The Morgan fingerprint density at radius 3 is 2.22 bits per heavy atom. The van der Waals surface area contributed by atoms with Crippen LogP contribution in [0, 0.1) is 0 Å². The Kier molecular flexibility index (Phi) is 6.12. The third-order valence-electron chi connectivity index (χ3n) is 4.68. The van der Waals surface area contributed by atoms with Crippen LogP contribution < -0.4 is 9.64 Å². The zero-order valence-electron chi connectivity index (χ0n) is 15.9. The summed E-state index contributed by atoms with van der Waals surface area (Å²) in [4.78, 5) is 28.6. The summed E-state index contributed by atoms with van der Waals surface area (Å²) in [6, 6.07) is 16.6. The normalized spacial score (nSPS) is 13.7. The monoisotopic (exact) mass is 366 g/mol.